The highest BCUT2D eigenvalue weighted by atomic mass is 79.9. The number of hydrogen-bond acceptors (Lipinski definition) is 4. The molecule has 0 radical (unpaired) electrons. The number of halogens is 1. The van der Waals surface area contributed by atoms with Gasteiger partial charge in [0.15, 0.2) is 0 Å². The minimum Gasteiger partial charge on any atom is -0.374 e. The second-order valence-electron chi connectivity index (χ2n) is 6.13. The topological polar surface area (TPSA) is 78.5 Å². The maximum Gasteiger partial charge on any atom is 0.246 e. The van der Waals surface area contributed by atoms with Gasteiger partial charge in [-0.3, -0.25) is 4.79 Å². The lowest BCUT2D eigenvalue weighted by Gasteiger charge is -2.17. The monoisotopic (exact) mass is 439 g/mol. The summed E-state index contributed by atoms with van der Waals surface area (Å²) in [6.07, 6.45) is 0. The van der Waals surface area contributed by atoms with Gasteiger partial charge in [-0.1, -0.05) is 22.0 Å². The number of benzene rings is 2. The highest BCUT2D eigenvalue weighted by Gasteiger charge is 2.18. The molecule has 1 atom stereocenters. The molecule has 0 heterocycles. The standard InChI is InChI=1S/C18H22BrN3O3S/c1-12-10-15(8-9-17(12)19)20-13(2)18(23)21-14-6-5-7-16(11-14)26(24,25)22(3)4/h5-11,13,20H,1-4H3,(H,21,23). The van der Waals surface area contributed by atoms with Crippen LogP contribution < -0.4 is 10.6 Å². The molecule has 0 aliphatic heterocycles. The number of sulfonamides is 1. The van der Waals surface area contributed by atoms with Crippen LogP contribution in [0, 0.1) is 6.92 Å². The average Bonchev–Trinajstić information content (AvgIpc) is 2.58. The Balaban J connectivity index is 2.10. The van der Waals surface area contributed by atoms with Crippen molar-refractivity contribution in [2.24, 2.45) is 0 Å². The summed E-state index contributed by atoms with van der Waals surface area (Å²) >= 11 is 3.44. The third-order valence-electron chi connectivity index (χ3n) is 3.81. The van der Waals surface area contributed by atoms with Crippen LogP contribution in [0.1, 0.15) is 12.5 Å². The number of rotatable bonds is 6. The zero-order valence-electron chi connectivity index (χ0n) is 15.1. The zero-order valence-corrected chi connectivity index (χ0v) is 17.5. The quantitative estimate of drug-likeness (QED) is 0.722. The van der Waals surface area contributed by atoms with Gasteiger partial charge in [0.1, 0.15) is 6.04 Å². The largest absolute Gasteiger partial charge is 0.374 e. The number of nitrogens with one attached hydrogen (secondary N) is 2. The molecule has 0 aliphatic carbocycles. The highest BCUT2D eigenvalue weighted by molar-refractivity contribution is 9.10. The number of amides is 1. The van der Waals surface area contributed by atoms with Gasteiger partial charge in [0.2, 0.25) is 15.9 Å². The number of nitrogens with zero attached hydrogens (tertiary/aromatic N) is 1. The van der Waals surface area contributed by atoms with E-state index >= 15 is 0 Å². The lowest BCUT2D eigenvalue weighted by molar-refractivity contribution is -0.116. The van der Waals surface area contributed by atoms with E-state index < -0.39 is 16.1 Å². The lowest BCUT2D eigenvalue weighted by atomic mass is 10.2. The first-order valence-corrected chi connectivity index (χ1v) is 10.2. The molecule has 0 saturated heterocycles. The molecular weight excluding hydrogens is 418 g/mol. The zero-order chi connectivity index (χ0) is 19.5. The smallest absolute Gasteiger partial charge is 0.246 e. The first kappa shape index (κ1) is 20.4. The van der Waals surface area contributed by atoms with Crippen molar-refractivity contribution in [1.29, 1.82) is 0 Å². The van der Waals surface area contributed by atoms with E-state index in [1.807, 2.05) is 25.1 Å². The molecule has 2 N–H and O–H groups in total. The van der Waals surface area contributed by atoms with Crippen molar-refractivity contribution in [2.45, 2.75) is 24.8 Å². The van der Waals surface area contributed by atoms with Crippen LogP contribution in [0.4, 0.5) is 11.4 Å². The van der Waals surface area contributed by atoms with E-state index in [9.17, 15) is 13.2 Å². The Morgan fingerprint density at radius 1 is 1.12 bits per heavy atom. The predicted octanol–water partition coefficient (Wildman–Crippen LogP) is 3.45. The summed E-state index contributed by atoms with van der Waals surface area (Å²) in [5.74, 6) is -0.259. The fourth-order valence-electron chi connectivity index (χ4n) is 2.25. The Morgan fingerprint density at radius 3 is 2.42 bits per heavy atom. The molecule has 140 valence electrons. The second kappa shape index (κ2) is 8.20. The number of hydrogen-bond donors (Lipinski definition) is 2. The fourth-order valence-corrected chi connectivity index (χ4v) is 3.44. The van der Waals surface area contributed by atoms with Crippen LogP contribution >= 0.6 is 15.9 Å². The van der Waals surface area contributed by atoms with E-state index in [1.165, 1.54) is 26.2 Å². The van der Waals surface area contributed by atoms with Crippen LogP contribution in [0.25, 0.3) is 0 Å². The molecule has 2 rings (SSSR count). The van der Waals surface area contributed by atoms with Crippen molar-refractivity contribution in [3.63, 3.8) is 0 Å². The van der Waals surface area contributed by atoms with Crippen LogP contribution in [-0.4, -0.2) is 38.8 Å². The first-order valence-electron chi connectivity index (χ1n) is 7.97. The van der Waals surface area contributed by atoms with Crippen LogP contribution in [0.3, 0.4) is 0 Å². The first-order chi connectivity index (χ1) is 12.1. The molecule has 8 heteroatoms. The van der Waals surface area contributed by atoms with Crippen LogP contribution in [0.15, 0.2) is 51.8 Å². The van der Waals surface area contributed by atoms with Gasteiger partial charge >= 0.3 is 0 Å². The van der Waals surface area contributed by atoms with E-state index in [1.54, 1.807) is 19.1 Å². The van der Waals surface area contributed by atoms with E-state index in [4.69, 9.17) is 0 Å². The third kappa shape index (κ3) is 4.84. The van der Waals surface area contributed by atoms with E-state index in [0.29, 0.717) is 5.69 Å². The van der Waals surface area contributed by atoms with Crippen LogP contribution in [-0.2, 0) is 14.8 Å². The molecule has 0 spiro atoms. The van der Waals surface area contributed by atoms with Crippen molar-refractivity contribution < 1.29 is 13.2 Å². The molecule has 0 fully saturated rings. The van der Waals surface area contributed by atoms with Crippen LogP contribution in [0.2, 0.25) is 0 Å². The lowest BCUT2D eigenvalue weighted by Crippen LogP contribution is -2.32. The van der Waals surface area contributed by atoms with Gasteiger partial charge in [-0.05, 0) is 55.8 Å². The van der Waals surface area contributed by atoms with Gasteiger partial charge in [-0.15, -0.1) is 0 Å². The molecule has 1 unspecified atom stereocenters. The van der Waals surface area contributed by atoms with Gasteiger partial charge in [0, 0.05) is 29.9 Å². The number of carbonyl (C=O) groups is 1. The molecule has 6 nitrogen and oxygen atoms in total. The molecule has 2 aromatic rings. The molecule has 0 aromatic heterocycles. The van der Waals surface area contributed by atoms with Crippen molar-refractivity contribution >= 4 is 43.2 Å². The van der Waals surface area contributed by atoms with Gasteiger partial charge in [0.25, 0.3) is 0 Å². The molecule has 26 heavy (non-hydrogen) atoms. The summed E-state index contributed by atoms with van der Waals surface area (Å²) in [6, 6.07) is 11.4. The van der Waals surface area contributed by atoms with E-state index in [-0.39, 0.29) is 10.8 Å². The van der Waals surface area contributed by atoms with Gasteiger partial charge in [0.05, 0.1) is 4.90 Å². The maximum absolute atomic E-state index is 12.4. The molecular formula is C18H22BrN3O3S. The Hall–Kier alpha value is -1.90. The van der Waals surface area contributed by atoms with E-state index in [2.05, 4.69) is 26.6 Å². The number of anilines is 2. The van der Waals surface area contributed by atoms with Gasteiger partial charge in [-0.25, -0.2) is 12.7 Å². The van der Waals surface area contributed by atoms with Crippen LogP contribution in [0.5, 0.6) is 0 Å². The Labute approximate surface area is 162 Å². The van der Waals surface area contributed by atoms with Crippen molar-refractivity contribution in [3.8, 4) is 0 Å². The second-order valence-corrected chi connectivity index (χ2v) is 9.14. The molecule has 0 bridgehead atoms. The molecule has 1 amide bonds. The molecule has 0 saturated carbocycles. The molecule has 2 aromatic carbocycles. The minimum atomic E-state index is -3.55. The van der Waals surface area contributed by atoms with Crippen molar-refractivity contribution in [2.75, 3.05) is 24.7 Å². The van der Waals surface area contributed by atoms with Gasteiger partial charge < -0.3 is 10.6 Å². The summed E-state index contributed by atoms with van der Waals surface area (Å²) in [7, 11) is -0.621. The maximum atomic E-state index is 12.4. The average molecular weight is 440 g/mol. The van der Waals surface area contributed by atoms with E-state index in [0.717, 1.165) is 20.0 Å². The minimum absolute atomic E-state index is 0.129. The third-order valence-corrected chi connectivity index (χ3v) is 6.52. The molecule has 0 aliphatic rings. The SMILES string of the molecule is Cc1cc(NC(C)C(=O)Nc2cccc(S(=O)(=O)N(C)C)c2)ccc1Br. The summed E-state index contributed by atoms with van der Waals surface area (Å²) in [4.78, 5) is 12.5. The predicted molar refractivity (Wildman–Crippen MR) is 108 cm³/mol. The summed E-state index contributed by atoms with van der Waals surface area (Å²) in [5, 5.41) is 5.88. The number of aryl methyl sites for hydroxylation is 1. The highest BCUT2D eigenvalue weighted by Crippen LogP contribution is 2.21. The Kier molecular flexibility index (Phi) is 6.44. The normalized spacial score (nSPS) is 12.7. The van der Waals surface area contributed by atoms with Crippen molar-refractivity contribution in [3.05, 3.63) is 52.5 Å². The van der Waals surface area contributed by atoms with Crippen molar-refractivity contribution in [1.82, 2.24) is 4.31 Å². The van der Waals surface area contributed by atoms with Gasteiger partial charge in [-0.2, -0.15) is 0 Å². The summed E-state index contributed by atoms with van der Waals surface area (Å²) in [5.41, 5.74) is 2.32. The Bertz CT molecular complexity index is 914. The fraction of sp³-hybridized carbons (Fsp3) is 0.278. The number of carbonyl (C=O) groups excluding carboxylic acids is 1. The summed E-state index contributed by atoms with van der Waals surface area (Å²) < 4.78 is 26.5. The summed E-state index contributed by atoms with van der Waals surface area (Å²) in [6.45, 7) is 3.71. The Morgan fingerprint density at radius 2 is 1.81 bits per heavy atom.